The largest absolute Gasteiger partial charge is 0.392 e. The van der Waals surface area contributed by atoms with E-state index in [0.29, 0.717) is 12.5 Å². The van der Waals surface area contributed by atoms with Crippen LogP contribution in [0.5, 0.6) is 0 Å². The second-order valence-electron chi connectivity index (χ2n) is 4.55. The van der Waals surface area contributed by atoms with E-state index < -0.39 is 0 Å². The van der Waals surface area contributed by atoms with Crippen molar-refractivity contribution >= 4 is 0 Å². The van der Waals surface area contributed by atoms with Crippen LogP contribution in [0.1, 0.15) is 32.8 Å². The van der Waals surface area contributed by atoms with Crippen LogP contribution in [0.4, 0.5) is 0 Å². The fourth-order valence-electron chi connectivity index (χ4n) is 1.45. The summed E-state index contributed by atoms with van der Waals surface area (Å²) in [5.74, 6) is 0.301. The normalized spacial score (nSPS) is 13.3. The molecule has 1 unspecified atom stereocenters. The molecule has 0 saturated carbocycles. The van der Waals surface area contributed by atoms with E-state index in [1.807, 2.05) is 24.7 Å². The Morgan fingerprint density at radius 1 is 1.50 bits per heavy atom. The summed E-state index contributed by atoms with van der Waals surface area (Å²) in [6.07, 6.45) is 4.76. The fourth-order valence-corrected chi connectivity index (χ4v) is 1.45. The van der Waals surface area contributed by atoms with E-state index in [1.54, 1.807) is 0 Å². The van der Waals surface area contributed by atoms with Crippen LogP contribution in [0.15, 0.2) is 12.4 Å². The molecule has 92 valence electrons. The quantitative estimate of drug-likeness (QED) is 0.737. The maximum absolute atomic E-state index is 9.61. The molecule has 16 heavy (non-hydrogen) atoms. The van der Waals surface area contributed by atoms with Gasteiger partial charge in [-0.2, -0.15) is 5.10 Å². The molecule has 2 N–H and O–H groups in total. The highest BCUT2D eigenvalue weighted by atomic mass is 16.3. The molecule has 0 fully saturated rings. The minimum absolute atomic E-state index is 0.273. The molecule has 0 aromatic carbocycles. The molecule has 0 bridgehead atoms. The molecular weight excluding hydrogens is 202 g/mol. The molecule has 1 rings (SSSR count). The second kappa shape index (κ2) is 6.66. The standard InChI is InChI=1S/C12H23N3O/c1-4-5-15-9-11(7-14-15)6-13-8-12(16)10(2)3/h7,9-10,12-13,16H,4-6,8H2,1-3H3. The molecule has 1 aromatic heterocycles. The van der Waals surface area contributed by atoms with E-state index >= 15 is 0 Å². The zero-order chi connectivity index (χ0) is 12.0. The van der Waals surface area contributed by atoms with Gasteiger partial charge in [0.15, 0.2) is 0 Å². The third-order valence-electron chi connectivity index (χ3n) is 2.59. The van der Waals surface area contributed by atoms with Crippen molar-refractivity contribution in [2.24, 2.45) is 5.92 Å². The maximum atomic E-state index is 9.61. The van der Waals surface area contributed by atoms with Gasteiger partial charge in [-0.25, -0.2) is 0 Å². The van der Waals surface area contributed by atoms with E-state index in [4.69, 9.17) is 0 Å². The Balaban J connectivity index is 2.26. The Hall–Kier alpha value is -0.870. The van der Waals surface area contributed by atoms with Crippen LogP contribution in [-0.2, 0) is 13.1 Å². The Kier molecular flexibility index (Phi) is 5.49. The SMILES string of the molecule is CCCn1cc(CNCC(O)C(C)C)cn1. The first-order valence-corrected chi connectivity index (χ1v) is 6.03. The Morgan fingerprint density at radius 3 is 2.88 bits per heavy atom. The third-order valence-corrected chi connectivity index (χ3v) is 2.59. The van der Waals surface area contributed by atoms with Crippen molar-refractivity contribution in [1.29, 1.82) is 0 Å². The molecule has 0 aliphatic carbocycles. The Bertz CT molecular complexity index is 296. The topological polar surface area (TPSA) is 50.1 Å². The highest BCUT2D eigenvalue weighted by molar-refractivity contribution is 5.03. The highest BCUT2D eigenvalue weighted by Gasteiger charge is 2.08. The molecule has 0 amide bonds. The number of nitrogens with one attached hydrogen (secondary N) is 1. The van der Waals surface area contributed by atoms with Crippen molar-refractivity contribution in [3.05, 3.63) is 18.0 Å². The monoisotopic (exact) mass is 225 g/mol. The molecule has 0 saturated heterocycles. The van der Waals surface area contributed by atoms with Crippen molar-refractivity contribution < 1.29 is 5.11 Å². The molecule has 0 radical (unpaired) electrons. The van der Waals surface area contributed by atoms with E-state index in [-0.39, 0.29) is 6.10 Å². The summed E-state index contributed by atoms with van der Waals surface area (Å²) in [5, 5.41) is 17.1. The highest BCUT2D eigenvalue weighted by Crippen LogP contribution is 2.01. The van der Waals surface area contributed by atoms with Gasteiger partial charge in [-0.05, 0) is 12.3 Å². The van der Waals surface area contributed by atoms with Crippen molar-refractivity contribution in [1.82, 2.24) is 15.1 Å². The van der Waals surface area contributed by atoms with Crippen molar-refractivity contribution in [2.45, 2.75) is 46.4 Å². The smallest absolute Gasteiger partial charge is 0.0687 e. The number of aromatic nitrogens is 2. The van der Waals surface area contributed by atoms with Gasteiger partial charge in [0.25, 0.3) is 0 Å². The number of rotatable bonds is 7. The average molecular weight is 225 g/mol. The van der Waals surface area contributed by atoms with Gasteiger partial charge in [-0.3, -0.25) is 4.68 Å². The second-order valence-corrected chi connectivity index (χ2v) is 4.55. The van der Waals surface area contributed by atoms with Gasteiger partial charge in [0.2, 0.25) is 0 Å². The van der Waals surface area contributed by atoms with Gasteiger partial charge < -0.3 is 10.4 Å². The van der Waals surface area contributed by atoms with Crippen LogP contribution in [0.25, 0.3) is 0 Å². The summed E-state index contributed by atoms with van der Waals surface area (Å²) >= 11 is 0. The number of aliphatic hydroxyl groups is 1. The van der Waals surface area contributed by atoms with Gasteiger partial charge in [-0.1, -0.05) is 20.8 Å². The third kappa shape index (κ3) is 4.33. The van der Waals surface area contributed by atoms with E-state index in [9.17, 15) is 5.11 Å². The number of hydrogen-bond acceptors (Lipinski definition) is 3. The summed E-state index contributed by atoms with van der Waals surface area (Å²) in [5.41, 5.74) is 1.17. The summed E-state index contributed by atoms with van der Waals surface area (Å²) in [6, 6.07) is 0. The van der Waals surface area contributed by atoms with Gasteiger partial charge in [0, 0.05) is 31.4 Å². The van der Waals surface area contributed by atoms with Gasteiger partial charge in [-0.15, -0.1) is 0 Å². The molecular formula is C12H23N3O. The number of aryl methyl sites for hydroxylation is 1. The van der Waals surface area contributed by atoms with Gasteiger partial charge in [0.1, 0.15) is 0 Å². The zero-order valence-corrected chi connectivity index (χ0v) is 10.5. The molecule has 1 atom stereocenters. The van der Waals surface area contributed by atoms with Crippen LogP contribution >= 0.6 is 0 Å². The Labute approximate surface area is 97.7 Å². The summed E-state index contributed by atoms with van der Waals surface area (Å²) in [6.45, 7) is 8.55. The lowest BCUT2D eigenvalue weighted by molar-refractivity contribution is 0.123. The summed E-state index contributed by atoms with van der Waals surface area (Å²) < 4.78 is 1.95. The maximum Gasteiger partial charge on any atom is 0.0687 e. The number of aliphatic hydroxyl groups excluding tert-OH is 1. The van der Waals surface area contributed by atoms with Gasteiger partial charge in [0.05, 0.1) is 12.3 Å². The lowest BCUT2D eigenvalue weighted by Crippen LogP contribution is -2.30. The summed E-state index contributed by atoms with van der Waals surface area (Å²) in [4.78, 5) is 0. The predicted octanol–water partition coefficient (Wildman–Crippen LogP) is 1.40. The molecule has 0 aliphatic rings. The lowest BCUT2D eigenvalue weighted by Gasteiger charge is -2.14. The van der Waals surface area contributed by atoms with E-state index in [0.717, 1.165) is 19.5 Å². The lowest BCUT2D eigenvalue weighted by atomic mass is 10.1. The molecule has 1 heterocycles. The average Bonchev–Trinajstić information content (AvgIpc) is 2.66. The first kappa shape index (κ1) is 13.2. The van der Waals surface area contributed by atoms with Crippen LogP contribution < -0.4 is 5.32 Å². The molecule has 4 nitrogen and oxygen atoms in total. The molecule has 1 aromatic rings. The van der Waals surface area contributed by atoms with Crippen molar-refractivity contribution in [3.8, 4) is 0 Å². The fraction of sp³-hybridized carbons (Fsp3) is 0.750. The van der Waals surface area contributed by atoms with Gasteiger partial charge >= 0.3 is 0 Å². The van der Waals surface area contributed by atoms with Crippen LogP contribution in [0, 0.1) is 5.92 Å². The molecule has 0 spiro atoms. The van der Waals surface area contributed by atoms with E-state index in [2.05, 4.69) is 23.5 Å². The minimum atomic E-state index is -0.273. The minimum Gasteiger partial charge on any atom is -0.392 e. The van der Waals surface area contributed by atoms with E-state index in [1.165, 1.54) is 5.56 Å². The molecule has 0 aliphatic heterocycles. The predicted molar refractivity (Wildman–Crippen MR) is 65.1 cm³/mol. The number of hydrogen-bond donors (Lipinski definition) is 2. The van der Waals surface area contributed by atoms with Crippen LogP contribution in [0.2, 0.25) is 0 Å². The van der Waals surface area contributed by atoms with Crippen LogP contribution in [0.3, 0.4) is 0 Å². The van der Waals surface area contributed by atoms with Crippen molar-refractivity contribution in [2.75, 3.05) is 6.54 Å². The van der Waals surface area contributed by atoms with Crippen molar-refractivity contribution in [3.63, 3.8) is 0 Å². The van der Waals surface area contributed by atoms with Crippen LogP contribution in [-0.4, -0.2) is 27.5 Å². The first-order chi connectivity index (χ1) is 7.63. The number of nitrogens with zero attached hydrogens (tertiary/aromatic N) is 2. The Morgan fingerprint density at radius 2 is 2.25 bits per heavy atom. The molecule has 4 heteroatoms. The summed E-state index contributed by atoms with van der Waals surface area (Å²) in [7, 11) is 0. The first-order valence-electron chi connectivity index (χ1n) is 6.03. The zero-order valence-electron chi connectivity index (χ0n) is 10.5.